The van der Waals surface area contributed by atoms with E-state index in [2.05, 4.69) is 157 Å². The first-order valence-electron chi connectivity index (χ1n) is 18.7. The first-order valence-corrected chi connectivity index (χ1v) is 19.5. The molecule has 0 amide bonds. The van der Waals surface area contributed by atoms with Crippen LogP contribution in [0.1, 0.15) is 16.7 Å². The van der Waals surface area contributed by atoms with E-state index in [1.54, 1.807) is 11.3 Å². The van der Waals surface area contributed by atoms with Crippen molar-refractivity contribution >= 4 is 98.8 Å². The van der Waals surface area contributed by atoms with Crippen LogP contribution in [0.15, 0.2) is 192 Å². The molecule has 1 aliphatic rings. The van der Waals surface area contributed by atoms with Gasteiger partial charge in [-0.3, -0.25) is 5.41 Å². The van der Waals surface area contributed by atoms with Crippen LogP contribution in [0.4, 0.5) is 17.1 Å². The smallest absolute Gasteiger partial charge is 0.162 e. The largest absolute Gasteiger partial charge is 0.309 e. The van der Waals surface area contributed by atoms with E-state index in [1.165, 1.54) is 52.8 Å². The summed E-state index contributed by atoms with van der Waals surface area (Å²) in [5, 5.41) is 18.5. The Morgan fingerprint density at radius 3 is 2.05 bits per heavy atom. The molecule has 262 valence electrons. The van der Waals surface area contributed by atoms with Gasteiger partial charge in [-0.1, -0.05) is 140 Å². The summed E-state index contributed by atoms with van der Waals surface area (Å²) in [6.07, 6.45) is 1.88. The SMILES string of the molecule is N=C(N=C(N=Cc1ccc2c(c1)sc1ccccc12)c1ccc(N2c3cc4ccccc4cc3-c3cccc4cccc2c34)c2ccccc12)c1ccccc1. The molecule has 0 unspecified atom stereocenters. The van der Waals surface area contributed by atoms with Crippen molar-refractivity contribution in [3.05, 3.63) is 199 Å². The molecule has 5 heteroatoms. The minimum absolute atomic E-state index is 0.158. The highest BCUT2D eigenvalue weighted by atomic mass is 32.1. The molecule has 0 bridgehead atoms. The zero-order chi connectivity index (χ0) is 37.2. The second-order valence-corrected chi connectivity index (χ2v) is 15.3. The van der Waals surface area contributed by atoms with Crippen LogP contribution in [-0.2, 0) is 0 Å². The van der Waals surface area contributed by atoms with Gasteiger partial charge in [-0.2, -0.15) is 0 Å². The number of fused-ring (bicyclic) bond motifs is 7. The quantitative estimate of drug-likeness (QED) is 0.142. The van der Waals surface area contributed by atoms with Crippen LogP contribution in [0, 0.1) is 5.41 Å². The predicted molar refractivity (Wildman–Crippen MR) is 239 cm³/mol. The van der Waals surface area contributed by atoms with Crippen molar-refractivity contribution < 1.29 is 0 Å². The van der Waals surface area contributed by atoms with E-state index in [0.29, 0.717) is 5.84 Å². The summed E-state index contributed by atoms with van der Waals surface area (Å²) in [5.74, 6) is 0.640. The van der Waals surface area contributed by atoms with E-state index in [9.17, 15) is 0 Å². The number of aliphatic imine (C=N–C) groups is 2. The minimum atomic E-state index is 0.158. The third kappa shape index (κ3) is 5.24. The number of anilines is 3. The fourth-order valence-corrected chi connectivity index (χ4v) is 9.46. The molecule has 0 fully saturated rings. The molecule has 9 aromatic carbocycles. The molecule has 11 rings (SSSR count). The number of hydrogen-bond acceptors (Lipinski definition) is 3. The number of nitrogens with zero attached hydrogens (tertiary/aromatic N) is 3. The van der Waals surface area contributed by atoms with Gasteiger partial charge in [-0.15, -0.1) is 11.3 Å². The number of amidine groups is 2. The molecular weight excluding hydrogens is 701 g/mol. The lowest BCUT2D eigenvalue weighted by atomic mass is 9.88. The Morgan fingerprint density at radius 2 is 1.20 bits per heavy atom. The normalized spacial score (nSPS) is 12.7. The Labute approximate surface area is 327 Å². The molecular formula is C51H32N4S. The van der Waals surface area contributed by atoms with Crippen molar-refractivity contribution in [1.82, 2.24) is 0 Å². The average molecular weight is 733 g/mol. The predicted octanol–water partition coefficient (Wildman–Crippen LogP) is 13.9. The maximum atomic E-state index is 9.09. The number of thiophene rings is 1. The standard InChI is InChI=1S/C51H32N4S/c52-50(34-12-2-1-3-13-34)54-51(53-31-32-24-25-40-39-20-8-9-23-47(39)56-48(40)28-32)42-26-27-44(38-19-7-6-18-37(38)42)55-45-22-11-17-33-16-10-21-41(49(33)45)43-29-35-14-4-5-15-36(35)30-46(43)55/h1-31,52H. The second kappa shape index (κ2) is 13.0. The second-order valence-electron chi connectivity index (χ2n) is 14.2. The highest BCUT2D eigenvalue weighted by molar-refractivity contribution is 7.25. The summed E-state index contributed by atoms with van der Waals surface area (Å²) in [5.41, 5.74) is 8.38. The summed E-state index contributed by atoms with van der Waals surface area (Å²) < 4.78 is 2.48. The molecule has 1 aromatic heterocycles. The van der Waals surface area contributed by atoms with Gasteiger partial charge >= 0.3 is 0 Å². The number of hydrogen-bond donors (Lipinski definition) is 1. The zero-order valence-corrected chi connectivity index (χ0v) is 31.0. The van der Waals surface area contributed by atoms with E-state index in [-0.39, 0.29) is 5.84 Å². The molecule has 2 heterocycles. The van der Waals surface area contributed by atoms with Crippen molar-refractivity contribution in [2.75, 3.05) is 4.90 Å². The summed E-state index contributed by atoms with van der Waals surface area (Å²) in [7, 11) is 0. The molecule has 0 aliphatic carbocycles. The highest BCUT2D eigenvalue weighted by Crippen LogP contribution is 2.53. The first-order chi connectivity index (χ1) is 27.7. The van der Waals surface area contributed by atoms with E-state index < -0.39 is 0 Å². The molecule has 10 aromatic rings. The summed E-state index contributed by atoms with van der Waals surface area (Å²) in [6, 6.07) is 64.0. The number of rotatable bonds is 4. The molecule has 56 heavy (non-hydrogen) atoms. The van der Waals surface area contributed by atoms with Gasteiger partial charge in [0.05, 0.1) is 17.1 Å². The molecule has 1 aliphatic heterocycles. The molecule has 0 atom stereocenters. The summed E-state index contributed by atoms with van der Waals surface area (Å²) in [4.78, 5) is 12.5. The molecule has 1 N–H and O–H groups in total. The van der Waals surface area contributed by atoms with Gasteiger partial charge in [0.1, 0.15) is 0 Å². The Bertz CT molecular complexity index is 3280. The lowest BCUT2D eigenvalue weighted by Crippen LogP contribution is -2.16. The van der Waals surface area contributed by atoms with Crippen LogP contribution in [0.5, 0.6) is 0 Å². The van der Waals surface area contributed by atoms with E-state index in [1.807, 2.05) is 36.5 Å². The van der Waals surface area contributed by atoms with Crippen LogP contribution in [0.3, 0.4) is 0 Å². The van der Waals surface area contributed by atoms with Gasteiger partial charge in [0, 0.05) is 53.8 Å². The van der Waals surface area contributed by atoms with Crippen molar-refractivity contribution in [2.45, 2.75) is 0 Å². The average Bonchev–Trinajstić information content (AvgIpc) is 3.63. The number of benzene rings is 9. The maximum Gasteiger partial charge on any atom is 0.162 e. The maximum absolute atomic E-state index is 9.09. The van der Waals surface area contributed by atoms with Gasteiger partial charge in [-0.25, -0.2) is 9.98 Å². The minimum Gasteiger partial charge on any atom is -0.309 e. The van der Waals surface area contributed by atoms with Crippen molar-refractivity contribution in [3.63, 3.8) is 0 Å². The zero-order valence-electron chi connectivity index (χ0n) is 30.1. The lowest BCUT2D eigenvalue weighted by molar-refractivity contribution is 1.30. The van der Waals surface area contributed by atoms with E-state index >= 15 is 0 Å². The Kier molecular flexibility index (Phi) is 7.47. The number of nitrogens with one attached hydrogen (secondary N) is 1. The van der Waals surface area contributed by atoms with Gasteiger partial charge in [-0.05, 0) is 75.1 Å². The third-order valence-corrected chi connectivity index (χ3v) is 12.0. The van der Waals surface area contributed by atoms with Crippen LogP contribution in [0.25, 0.3) is 63.6 Å². The third-order valence-electron chi connectivity index (χ3n) is 10.9. The molecule has 0 saturated carbocycles. The van der Waals surface area contributed by atoms with Crippen molar-refractivity contribution in [1.29, 1.82) is 5.41 Å². The fourth-order valence-electron chi connectivity index (χ4n) is 8.31. The van der Waals surface area contributed by atoms with Gasteiger partial charge < -0.3 is 4.90 Å². The Morgan fingerprint density at radius 1 is 0.500 bits per heavy atom. The van der Waals surface area contributed by atoms with Crippen molar-refractivity contribution in [3.8, 4) is 11.1 Å². The molecule has 0 radical (unpaired) electrons. The molecule has 0 spiro atoms. The Balaban J connectivity index is 1.10. The topological polar surface area (TPSA) is 51.8 Å². The highest BCUT2D eigenvalue weighted by Gasteiger charge is 2.28. The van der Waals surface area contributed by atoms with E-state index in [0.717, 1.165) is 44.5 Å². The Hall–Kier alpha value is -7.21. The van der Waals surface area contributed by atoms with Crippen LogP contribution in [0.2, 0.25) is 0 Å². The van der Waals surface area contributed by atoms with Gasteiger partial charge in [0.15, 0.2) is 11.7 Å². The van der Waals surface area contributed by atoms with Crippen LogP contribution >= 0.6 is 11.3 Å². The first kappa shape index (κ1) is 32.2. The lowest BCUT2D eigenvalue weighted by Gasteiger charge is -2.34. The molecule has 4 nitrogen and oxygen atoms in total. The monoisotopic (exact) mass is 732 g/mol. The fraction of sp³-hybridized carbons (Fsp3) is 0. The van der Waals surface area contributed by atoms with Crippen LogP contribution in [-0.4, -0.2) is 17.9 Å². The van der Waals surface area contributed by atoms with Crippen molar-refractivity contribution in [2.24, 2.45) is 9.98 Å². The summed E-state index contributed by atoms with van der Waals surface area (Å²) >= 11 is 1.79. The van der Waals surface area contributed by atoms with Crippen LogP contribution < -0.4 is 4.90 Å². The van der Waals surface area contributed by atoms with Gasteiger partial charge in [0.2, 0.25) is 0 Å². The summed E-state index contributed by atoms with van der Waals surface area (Å²) in [6.45, 7) is 0. The van der Waals surface area contributed by atoms with Gasteiger partial charge in [0.25, 0.3) is 0 Å². The van der Waals surface area contributed by atoms with E-state index in [4.69, 9.17) is 15.4 Å². The molecule has 0 saturated heterocycles.